The van der Waals surface area contributed by atoms with E-state index in [0.717, 1.165) is 22.8 Å². The van der Waals surface area contributed by atoms with E-state index in [9.17, 15) is 18.7 Å². The summed E-state index contributed by atoms with van der Waals surface area (Å²) in [7, 11) is 1.65. The van der Waals surface area contributed by atoms with Gasteiger partial charge < -0.3 is 14.4 Å². The summed E-state index contributed by atoms with van der Waals surface area (Å²) in [6.45, 7) is 5.71. The molecule has 1 aliphatic heterocycles. The molecule has 0 bridgehead atoms. The normalized spacial score (nSPS) is 13.8. The lowest BCUT2D eigenvalue weighted by molar-refractivity contribution is -0.488. The molecule has 4 aromatic rings. The number of halogens is 2. The van der Waals surface area contributed by atoms with Crippen LogP contribution in [-0.2, 0) is 12.6 Å². The van der Waals surface area contributed by atoms with Crippen molar-refractivity contribution < 1.29 is 23.3 Å². The number of hydrogen-bond donors (Lipinski definition) is 1. The third kappa shape index (κ3) is 4.33. The number of benzene rings is 2. The molecule has 5 rings (SSSR count). The summed E-state index contributed by atoms with van der Waals surface area (Å²) in [5.74, 6) is -1.42. The van der Waals surface area contributed by atoms with Crippen LogP contribution in [0.3, 0.4) is 0 Å². The molecule has 7 nitrogen and oxygen atoms in total. The first-order valence-corrected chi connectivity index (χ1v) is 12.0. The highest BCUT2D eigenvalue weighted by Gasteiger charge is 2.25. The van der Waals surface area contributed by atoms with Gasteiger partial charge in [0.25, 0.3) is 5.56 Å². The number of aryl methyl sites for hydroxylation is 1. The second kappa shape index (κ2) is 8.72. The highest BCUT2D eigenvalue weighted by molar-refractivity contribution is 7.22. The summed E-state index contributed by atoms with van der Waals surface area (Å²) in [5.41, 5.74) is 1.30. The topological polar surface area (TPSA) is 79.2 Å². The number of aliphatic hydroxyl groups is 1. The third-order valence-corrected chi connectivity index (χ3v) is 7.03. The molecule has 0 unspecified atom stereocenters. The molecule has 2 aromatic heterocycles. The van der Waals surface area contributed by atoms with E-state index < -0.39 is 17.2 Å². The smallest absolute Gasteiger partial charge is 0.268 e. The Hall–Kier alpha value is -3.76. The molecule has 36 heavy (non-hydrogen) atoms. The number of rotatable bonds is 5. The zero-order valence-corrected chi connectivity index (χ0v) is 20.9. The average molecular weight is 510 g/mol. The minimum Gasteiger partial charge on any atom is -0.454 e. The summed E-state index contributed by atoms with van der Waals surface area (Å²) < 4.78 is 37.5. The van der Waals surface area contributed by atoms with Crippen LogP contribution >= 0.6 is 11.3 Å². The molecule has 0 radical (unpaired) electrons. The van der Waals surface area contributed by atoms with E-state index in [1.807, 2.05) is 13.0 Å². The molecule has 0 aliphatic carbocycles. The van der Waals surface area contributed by atoms with Gasteiger partial charge in [-0.25, -0.2) is 8.78 Å². The molecule has 0 saturated carbocycles. The van der Waals surface area contributed by atoms with Crippen molar-refractivity contribution in [2.24, 2.45) is 17.4 Å². The third-order valence-electron chi connectivity index (χ3n) is 5.89. The summed E-state index contributed by atoms with van der Waals surface area (Å²) in [6, 6.07) is 10.0. The molecule has 0 saturated heterocycles. The van der Waals surface area contributed by atoms with Gasteiger partial charge in [-0.05, 0) is 43.7 Å². The molecular formula is C26H23F2N4O3S+. The van der Waals surface area contributed by atoms with Crippen LogP contribution in [0.4, 0.5) is 13.8 Å². The van der Waals surface area contributed by atoms with Gasteiger partial charge in [0.15, 0.2) is 23.8 Å². The first-order valence-electron chi connectivity index (χ1n) is 11.2. The standard InChI is InChI=1S/C26H23F2N4O3S/c1-14-12-32(30-29-14)23-11-18-19(13-31(4)25(33)24(18)36-23)17-9-15(26(2,3)34)5-7-21(17)35-22-8-6-16(27)10-20(22)28/h5-11,13,34H,12H2,1-4H3/q+1. The maximum absolute atomic E-state index is 14.4. The van der Waals surface area contributed by atoms with E-state index in [2.05, 4.69) is 10.3 Å². The molecule has 0 atom stereocenters. The zero-order valence-electron chi connectivity index (χ0n) is 20.0. The number of thiophene rings is 1. The molecule has 2 aromatic carbocycles. The van der Waals surface area contributed by atoms with E-state index in [1.165, 1.54) is 22.0 Å². The predicted molar refractivity (Wildman–Crippen MR) is 135 cm³/mol. The number of aromatic nitrogens is 1. The Morgan fingerprint density at radius 2 is 1.86 bits per heavy atom. The molecule has 1 N–H and O–H groups in total. The van der Waals surface area contributed by atoms with Crippen molar-refractivity contribution in [2.45, 2.75) is 26.4 Å². The molecule has 10 heteroatoms. The van der Waals surface area contributed by atoms with Crippen LogP contribution in [0.5, 0.6) is 11.5 Å². The molecule has 0 spiro atoms. The SMILES string of the molecule is CC1=NN=[N+](c2cc3c(-c4cc(C(C)(C)O)ccc4Oc4ccc(F)cc4F)cn(C)c(=O)c3s2)C1. The van der Waals surface area contributed by atoms with Crippen molar-refractivity contribution in [2.75, 3.05) is 6.54 Å². The van der Waals surface area contributed by atoms with Crippen LogP contribution in [0.2, 0.25) is 0 Å². The first-order chi connectivity index (χ1) is 17.0. The molecular weight excluding hydrogens is 486 g/mol. The lowest BCUT2D eigenvalue weighted by Gasteiger charge is -2.21. The van der Waals surface area contributed by atoms with Crippen LogP contribution in [0, 0.1) is 11.6 Å². The summed E-state index contributed by atoms with van der Waals surface area (Å²) >= 11 is 1.30. The fourth-order valence-corrected chi connectivity index (χ4v) is 5.08. The van der Waals surface area contributed by atoms with Crippen molar-refractivity contribution in [3.8, 4) is 22.6 Å². The van der Waals surface area contributed by atoms with Crippen LogP contribution < -0.4 is 10.3 Å². The lowest BCUT2D eigenvalue weighted by atomic mass is 9.93. The van der Waals surface area contributed by atoms with E-state index in [1.54, 1.807) is 50.0 Å². The van der Waals surface area contributed by atoms with Gasteiger partial charge in [0.1, 0.15) is 21.5 Å². The fraction of sp³-hybridized carbons (Fsp3) is 0.231. The molecule has 0 amide bonds. The number of pyridine rings is 1. The van der Waals surface area contributed by atoms with Crippen molar-refractivity contribution in [3.63, 3.8) is 0 Å². The van der Waals surface area contributed by atoms with E-state index in [-0.39, 0.29) is 17.1 Å². The Balaban J connectivity index is 1.73. The maximum atomic E-state index is 14.4. The Labute approximate surface area is 209 Å². The second-order valence-electron chi connectivity index (χ2n) is 9.22. The average Bonchev–Trinajstić information content (AvgIpc) is 3.44. The minimum atomic E-state index is -1.17. The Morgan fingerprint density at radius 3 is 2.53 bits per heavy atom. The van der Waals surface area contributed by atoms with E-state index in [4.69, 9.17) is 4.74 Å². The van der Waals surface area contributed by atoms with Gasteiger partial charge in [-0.2, -0.15) is 0 Å². The number of hydrogen-bond acceptors (Lipinski definition) is 6. The largest absolute Gasteiger partial charge is 0.454 e. The van der Waals surface area contributed by atoms with Gasteiger partial charge in [-0.1, -0.05) is 17.4 Å². The number of fused-ring (bicyclic) bond motifs is 1. The second-order valence-corrected chi connectivity index (χ2v) is 10.2. The first kappa shape index (κ1) is 24.0. The van der Waals surface area contributed by atoms with Gasteiger partial charge in [0.2, 0.25) is 5.00 Å². The zero-order chi connectivity index (χ0) is 25.8. The van der Waals surface area contributed by atoms with Gasteiger partial charge in [0, 0.05) is 48.8 Å². The summed E-state index contributed by atoms with van der Waals surface area (Å²) in [4.78, 5) is 13.0. The van der Waals surface area contributed by atoms with Gasteiger partial charge in [-0.3, -0.25) is 4.79 Å². The highest BCUT2D eigenvalue weighted by atomic mass is 32.1. The van der Waals surface area contributed by atoms with E-state index >= 15 is 0 Å². The van der Waals surface area contributed by atoms with Gasteiger partial charge in [0.05, 0.1) is 10.7 Å². The summed E-state index contributed by atoms with van der Waals surface area (Å²) in [5, 5.41) is 20.3. The van der Waals surface area contributed by atoms with Gasteiger partial charge >= 0.3 is 0 Å². The van der Waals surface area contributed by atoms with Crippen molar-refractivity contribution in [1.29, 1.82) is 0 Å². The van der Waals surface area contributed by atoms with Crippen molar-refractivity contribution in [1.82, 2.24) is 4.57 Å². The van der Waals surface area contributed by atoms with Crippen molar-refractivity contribution in [3.05, 3.63) is 76.2 Å². The molecule has 1 aliphatic rings. The van der Waals surface area contributed by atoms with Crippen LogP contribution in [0.15, 0.2) is 63.8 Å². The van der Waals surface area contributed by atoms with E-state index in [0.29, 0.717) is 33.3 Å². The molecule has 0 fully saturated rings. The predicted octanol–water partition coefficient (Wildman–Crippen LogP) is 6.05. The number of nitrogens with zero attached hydrogens (tertiary/aromatic N) is 4. The van der Waals surface area contributed by atoms with Crippen LogP contribution in [0.25, 0.3) is 21.2 Å². The highest BCUT2D eigenvalue weighted by Crippen LogP contribution is 2.42. The monoisotopic (exact) mass is 509 g/mol. The maximum Gasteiger partial charge on any atom is 0.268 e. The van der Waals surface area contributed by atoms with Crippen LogP contribution in [-0.4, -0.2) is 26.6 Å². The summed E-state index contributed by atoms with van der Waals surface area (Å²) in [6.07, 6.45) is 1.68. The lowest BCUT2D eigenvalue weighted by Crippen LogP contribution is -2.16. The Kier molecular flexibility index (Phi) is 5.80. The van der Waals surface area contributed by atoms with Crippen molar-refractivity contribution >= 4 is 32.1 Å². The Bertz CT molecular complexity index is 1650. The number of ether oxygens (including phenoxy) is 1. The molecule has 184 valence electrons. The fourth-order valence-electron chi connectivity index (χ4n) is 3.98. The van der Waals surface area contributed by atoms with Crippen LogP contribution in [0.1, 0.15) is 26.3 Å². The van der Waals surface area contributed by atoms with Gasteiger partial charge in [-0.15, -0.1) is 4.70 Å². The Morgan fingerprint density at radius 1 is 1.11 bits per heavy atom. The minimum absolute atomic E-state index is 0.149. The molecule has 3 heterocycles. The quantitative estimate of drug-likeness (QED) is 0.333.